The molecule has 0 radical (unpaired) electrons. The Balaban J connectivity index is 0.00000264. The topological polar surface area (TPSA) is 84.7 Å². The van der Waals surface area contributed by atoms with Crippen molar-refractivity contribution in [1.29, 1.82) is 0 Å². The largest absolute Gasteiger partial charge is 0.495 e. The van der Waals surface area contributed by atoms with E-state index in [2.05, 4.69) is 5.32 Å². The van der Waals surface area contributed by atoms with Crippen molar-refractivity contribution < 1.29 is 14.3 Å². The van der Waals surface area contributed by atoms with E-state index in [1.54, 1.807) is 30.2 Å². The number of nitrogens with zero attached hydrogens (tertiary/aromatic N) is 1. The van der Waals surface area contributed by atoms with Crippen LogP contribution >= 0.6 is 12.4 Å². The third-order valence-corrected chi connectivity index (χ3v) is 3.68. The van der Waals surface area contributed by atoms with E-state index in [0.29, 0.717) is 49.5 Å². The number of piperidine rings is 1. The van der Waals surface area contributed by atoms with Crippen LogP contribution in [0, 0.1) is 0 Å². The van der Waals surface area contributed by atoms with Crippen LogP contribution in [0.1, 0.15) is 32.1 Å². The molecule has 2 amide bonds. The minimum Gasteiger partial charge on any atom is -0.495 e. The van der Waals surface area contributed by atoms with Crippen molar-refractivity contribution >= 4 is 35.6 Å². The minimum atomic E-state index is -0.0773. The van der Waals surface area contributed by atoms with Crippen molar-refractivity contribution in [3.05, 3.63) is 18.2 Å². The summed E-state index contributed by atoms with van der Waals surface area (Å²) in [5.41, 5.74) is 6.78. The van der Waals surface area contributed by atoms with Crippen molar-refractivity contribution in [3.63, 3.8) is 0 Å². The first-order chi connectivity index (χ1) is 10.7. The van der Waals surface area contributed by atoms with E-state index in [1.165, 1.54) is 0 Å². The summed E-state index contributed by atoms with van der Waals surface area (Å²) in [7, 11) is 1.58. The monoisotopic (exact) mass is 341 g/mol. The van der Waals surface area contributed by atoms with Gasteiger partial charge >= 0.3 is 0 Å². The van der Waals surface area contributed by atoms with Gasteiger partial charge in [0, 0.05) is 25.1 Å². The summed E-state index contributed by atoms with van der Waals surface area (Å²) in [5, 5.41) is 2.83. The molecule has 0 aliphatic carbocycles. The Morgan fingerprint density at radius 1 is 1.39 bits per heavy atom. The molecule has 6 nitrogen and oxygen atoms in total. The first kappa shape index (κ1) is 19.3. The number of hydrogen-bond donors (Lipinski definition) is 2. The molecule has 1 aliphatic rings. The van der Waals surface area contributed by atoms with Crippen LogP contribution in [0.4, 0.5) is 11.4 Å². The molecule has 0 atom stereocenters. The van der Waals surface area contributed by atoms with Gasteiger partial charge in [0.2, 0.25) is 11.8 Å². The highest BCUT2D eigenvalue weighted by molar-refractivity contribution is 5.97. The lowest BCUT2D eigenvalue weighted by molar-refractivity contribution is -0.119. The average molecular weight is 342 g/mol. The molecule has 23 heavy (non-hydrogen) atoms. The summed E-state index contributed by atoms with van der Waals surface area (Å²) in [6.45, 7) is 1.17. The summed E-state index contributed by atoms with van der Waals surface area (Å²) < 4.78 is 5.35. The van der Waals surface area contributed by atoms with Crippen LogP contribution in [-0.2, 0) is 9.59 Å². The van der Waals surface area contributed by atoms with Crippen molar-refractivity contribution in [2.45, 2.75) is 32.1 Å². The molecule has 3 N–H and O–H groups in total. The minimum absolute atomic E-state index is 0. The molecule has 1 fully saturated rings. The zero-order valence-electron chi connectivity index (χ0n) is 13.3. The molecule has 2 rings (SSSR count). The number of rotatable bonds is 6. The fourth-order valence-electron chi connectivity index (χ4n) is 2.53. The Bertz CT molecular complexity index is 551. The van der Waals surface area contributed by atoms with Gasteiger partial charge in [-0.1, -0.05) is 0 Å². The average Bonchev–Trinajstić information content (AvgIpc) is 2.53. The number of nitrogens with two attached hydrogens (primary N) is 1. The Morgan fingerprint density at radius 2 is 2.17 bits per heavy atom. The smallest absolute Gasteiger partial charge is 0.227 e. The normalized spacial score (nSPS) is 14.2. The van der Waals surface area contributed by atoms with E-state index < -0.39 is 0 Å². The maximum Gasteiger partial charge on any atom is 0.227 e. The SMILES string of the molecule is COc1ccc(NC(=O)CCCN)cc1N1CCCCC1=O.Cl. The van der Waals surface area contributed by atoms with Crippen molar-refractivity contribution in [2.75, 3.05) is 30.4 Å². The van der Waals surface area contributed by atoms with Crippen molar-refractivity contribution in [1.82, 2.24) is 0 Å². The number of methoxy groups -OCH3 is 1. The maximum absolute atomic E-state index is 12.1. The van der Waals surface area contributed by atoms with Crippen LogP contribution in [0.15, 0.2) is 18.2 Å². The van der Waals surface area contributed by atoms with Gasteiger partial charge in [-0.2, -0.15) is 0 Å². The molecule has 0 spiro atoms. The van der Waals surface area contributed by atoms with Crippen LogP contribution in [0.5, 0.6) is 5.75 Å². The summed E-state index contributed by atoms with van der Waals surface area (Å²) >= 11 is 0. The Kier molecular flexibility index (Phi) is 7.85. The molecule has 1 aliphatic heterocycles. The zero-order chi connectivity index (χ0) is 15.9. The summed E-state index contributed by atoms with van der Waals surface area (Å²) in [5.74, 6) is 0.651. The molecule has 0 saturated carbocycles. The number of benzene rings is 1. The van der Waals surface area contributed by atoms with Crippen molar-refractivity contribution in [2.24, 2.45) is 5.73 Å². The number of carbonyl (C=O) groups is 2. The van der Waals surface area contributed by atoms with Gasteiger partial charge in [0.05, 0.1) is 12.8 Å². The number of ether oxygens (including phenoxy) is 1. The van der Waals surface area contributed by atoms with Crippen LogP contribution in [0.25, 0.3) is 0 Å². The molecular formula is C16H24ClN3O3. The molecule has 0 bridgehead atoms. The zero-order valence-corrected chi connectivity index (χ0v) is 14.2. The molecule has 0 unspecified atom stereocenters. The standard InChI is InChI=1S/C16H23N3O3.ClH/c1-22-14-8-7-12(18-15(20)5-4-9-17)11-13(14)19-10-3-2-6-16(19)21;/h7-8,11H,2-6,9-10,17H2,1H3,(H,18,20);1H. The lowest BCUT2D eigenvalue weighted by atomic mass is 10.1. The Hall–Kier alpha value is -1.79. The number of anilines is 2. The van der Waals surface area contributed by atoms with Gasteiger partial charge in [-0.3, -0.25) is 9.59 Å². The second kappa shape index (κ2) is 9.37. The van der Waals surface area contributed by atoms with E-state index in [9.17, 15) is 9.59 Å². The highest BCUT2D eigenvalue weighted by Gasteiger charge is 2.23. The third-order valence-electron chi connectivity index (χ3n) is 3.68. The third kappa shape index (κ3) is 5.11. The lowest BCUT2D eigenvalue weighted by Gasteiger charge is -2.28. The highest BCUT2D eigenvalue weighted by Crippen LogP contribution is 2.33. The molecule has 1 aromatic rings. The molecule has 128 valence electrons. The van der Waals surface area contributed by atoms with E-state index >= 15 is 0 Å². The van der Waals surface area contributed by atoms with Gasteiger partial charge in [0.15, 0.2) is 0 Å². The van der Waals surface area contributed by atoms with Crippen molar-refractivity contribution in [3.8, 4) is 5.75 Å². The second-order valence-corrected chi connectivity index (χ2v) is 5.33. The first-order valence-corrected chi connectivity index (χ1v) is 7.64. The second-order valence-electron chi connectivity index (χ2n) is 5.33. The fraction of sp³-hybridized carbons (Fsp3) is 0.500. The van der Waals surface area contributed by atoms with E-state index in [-0.39, 0.29) is 24.2 Å². The number of nitrogens with one attached hydrogen (secondary N) is 1. The van der Waals surface area contributed by atoms with Gasteiger partial charge < -0.3 is 20.7 Å². The predicted octanol–water partition coefficient (Wildman–Crippen LogP) is 2.31. The molecular weight excluding hydrogens is 318 g/mol. The quantitative estimate of drug-likeness (QED) is 0.831. The predicted molar refractivity (Wildman–Crippen MR) is 93.4 cm³/mol. The lowest BCUT2D eigenvalue weighted by Crippen LogP contribution is -2.35. The van der Waals surface area contributed by atoms with E-state index in [0.717, 1.165) is 12.8 Å². The number of amides is 2. The highest BCUT2D eigenvalue weighted by atomic mass is 35.5. The van der Waals surface area contributed by atoms with Gasteiger partial charge in [-0.15, -0.1) is 12.4 Å². The van der Waals surface area contributed by atoms with Crippen LogP contribution in [0.2, 0.25) is 0 Å². The summed E-state index contributed by atoms with van der Waals surface area (Å²) in [4.78, 5) is 25.6. The number of carbonyl (C=O) groups excluding carboxylic acids is 2. The van der Waals surface area contributed by atoms with Crippen LogP contribution in [0.3, 0.4) is 0 Å². The van der Waals surface area contributed by atoms with Crippen LogP contribution in [-0.4, -0.2) is 32.0 Å². The van der Waals surface area contributed by atoms with Gasteiger partial charge in [0.25, 0.3) is 0 Å². The van der Waals surface area contributed by atoms with Gasteiger partial charge in [0.1, 0.15) is 5.75 Å². The van der Waals surface area contributed by atoms with Gasteiger partial charge in [-0.25, -0.2) is 0 Å². The molecule has 1 heterocycles. The number of halogens is 1. The molecule has 0 aromatic heterocycles. The van der Waals surface area contributed by atoms with Gasteiger partial charge in [-0.05, 0) is 44.0 Å². The number of hydrogen-bond acceptors (Lipinski definition) is 4. The maximum atomic E-state index is 12.1. The van der Waals surface area contributed by atoms with Crippen LogP contribution < -0.4 is 20.7 Å². The Morgan fingerprint density at radius 3 is 2.83 bits per heavy atom. The van der Waals surface area contributed by atoms with E-state index in [1.807, 2.05) is 0 Å². The summed E-state index contributed by atoms with van der Waals surface area (Å²) in [6.07, 6.45) is 3.49. The summed E-state index contributed by atoms with van der Waals surface area (Å²) in [6, 6.07) is 5.34. The Labute approximate surface area is 142 Å². The fourth-order valence-corrected chi connectivity index (χ4v) is 2.53. The first-order valence-electron chi connectivity index (χ1n) is 7.64. The molecule has 1 aromatic carbocycles. The van der Waals surface area contributed by atoms with E-state index in [4.69, 9.17) is 10.5 Å². The molecule has 1 saturated heterocycles. The molecule has 7 heteroatoms.